The first-order chi connectivity index (χ1) is 14.7. The zero-order valence-corrected chi connectivity index (χ0v) is 17.5. The first-order valence-corrected chi connectivity index (χ1v) is 11.0. The van der Waals surface area contributed by atoms with E-state index in [2.05, 4.69) is 23.1 Å². The number of rotatable bonds is 5. The fourth-order valence-electron chi connectivity index (χ4n) is 6.01. The topological polar surface area (TPSA) is 57.2 Å². The number of carbonyl (C=O) groups excluding carboxylic acids is 1. The lowest BCUT2D eigenvalue weighted by molar-refractivity contribution is 0.0617. The molecule has 1 saturated heterocycles. The monoisotopic (exact) mass is 409 g/mol. The zero-order chi connectivity index (χ0) is 20.5. The highest BCUT2D eigenvalue weighted by molar-refractivity contribution is 5.71. The van der Waals surface area contributed by atoms with Gasteiger partial charge in [0.05, 0.1) is 19.1 Å². The maximum atomic E-state index is 12.0. The summed E-state index contributed by atoms with van der Waals surface area (Å²) in [6.45, 7) is 4.28. The number of benzene rings is 1. The van der Waals surface area contributed by atoms with Gasteiger partial charge in [0.25, 0.3) is 0 Å². The Morgan fingerprint density at radius 2 is 2.17 bits per heavy atom. The number of allylic oxidation sites excluding steroid dienone is 2. The van der Waals surface area contributed by atoms with Gasteiger partial charge in [-0.15, -0.1) is 0 Å². The molecule has 3 aliphatic carbocycles. The Bertz CT molecular complexity index is 978. The van der Waals surface area contributed by atoms with Gasteiger partial charge in [-0.1, -0.05) is 12.1 Å². The van der Waals surface area contributed by atoms with Crippen LogP contribution >= 0.6 is 0 Å². The van der Waals surface area contributed by atoms with E-state index in [1.807, 2.05) is 6.07 Å². The first kappa shape index (κ1) is 18.3. The molecule has 1 spiro atoms. The van der Waals surface area contributed by atoms with E-state index in [1.165, 1.54) is 36.1 Å². The van der Waals surface area contributed by atoms with Crippen molar-refractivity contribution < 1.29 is 23.7 Å². The molecule has 0 radical (unpaired) electrons. The van der Waals surface area contributed by atoms with Crippen LogP contribution in [0.3, 0.4) is 0 Å². The summed E-state index contributed by atoms with van der Waals surface area (Å²) in [5.74, 6) is 2.81. The Hall–Kier alpha value is -2.47. The Labute approximate surface area is 176 Å². The Kier molecular flexibility index (Phi) is 3.97. The molecule has 6 heteroatoms. The lowest BCUT2D eigenvalue weighted by Gasteiger charge is -2.53. The third kappa shape index (κ3) is 2.43. The van der Waals surface area contributed by atoms with Gasteiger partial charge in [-0.2, -0.15) is 0 Å². The van der Waals surface area contributed by atoms with E-state index in [-0.39, 0.29) is 18.1 Å². The first-order valence-electron chi connectivity index (χ1n) is 11.0. The van der Waals surface area contributed by atoms with Crippen LogP contribution in [0.5, 0.6) is 11.5 Å². The number of hydrogen-bond donors (Lipinski definition) is 0. The highest BCUT2D eigenvalue weighted by atomic mass is 16.7. The maximum absolute atomic E-state index is 12.0. The van der Waals surface area contributed by atoms with E-state index < -0.39 is 6.16 Å². The molecule has 0 N–H and O–H groups in total. The smallest absolute Gasteiger partial charge is 0.497 e. The molecule has 2 fully saturated rings. The number of hydrogen-bond acceptors (Lipinski definition) is 6. The quantitative estimate of drug-likeness (QED) is 0.546. The number of likely N-dealkylation sites (tertiary alicyclic amines) is 1. The van der Waals surface area contributed by atoms with Gasteiger partial charge in [0, 0.05) is 24.7 Å². The van der Waals surface area contributed by atoms with Gasteiger partial charge in [0.1, 0.15) is 5.76 Å². The molecule has 6 nitrogen and oxygen atoms in total. The average Bonchev–Trinajstić information content (AvgIpc) is 3.49. The van der Waals surface area contributed by atoms with Crippen LogP contribution in [0.4, 0.5) is 4.79 Å². The molecule has 1 saturated carbocycles. The van der Waals surface area contributed by atoms with E-state index >= 15 is 0 Å². The van der Waals surface area contributed by atoms with Gasteiger partial charge in [0.2, 0.25) is 0 Å². The molecular formula is C24H27NO5. The molecule has 2 aliphatic heterocycles. The average molecular weight is 409 g/mol. The van der Waals surface area contributed by atoms with Crippen LogP contribution in [0.1, 0.15) is 37.3 Å². The van der Waals surface area contributed by atoms with Crippen molar-refractivity contribution >= 4 is 6.16 Å². The number of methoxy groups -OCH3 is 1. The van der Waals surface area contributed by atoms with Crippen molar-refractivity contribution in [3.63, 3.8) is 0 Å². The van der Waals surface area contributed by atoms with Gasteiger partial charge >= 0.3 is 6.16 Å². The lowest BCUT2D eigenvalue weighted by atomic mass is 9.57. The van der Waals surface area contributed by atoms with Crippen molar-refractivity contribution in [2.45, 2.75) is 50.2 Å². The van der Waals surface area contributed by atoms with Crippen molar-refractivity contribution in [2.75, 3.05) is 26.8 Å². The molecule has 3 atom stereocenters. The van der Waals surface area contributed by atoms with E-state index in [4.69, 9.17) is 18.9 Å². The van der Waals surface area contributed by atoms with Crippen LogP contribution in [0.15, 0.2) is 35.6 Å². The van der Waals surface area contributed by atoms with Crippen LogP contribution in [-0.2, 0) is 21.3 Å². The second-order valence-electron chi connectivity index (χ2n) is 8.98. The van der Waals surface area contributed by atoms with Gasteiger partial charge in [-0.05, 0) is 61.8 Å². The summed E-state index contributed by atoms with van der Waals surface area (Å²) < 4.78 is 22.8. The molecule has 2 bridgehead atoms. The second kappa shape index (κ2) is 6.51. The fraction of sp³-hybridized carbons (Fsp3) is 0.542. The van der Waals surface area contributed by atoms with Crippen molar-refractivity contribution in [3.8, 4) is 11.5 Å². The molecular weight excluding hydrogens is 382 g/mol. The van der Waals surface area contributed by atoms with Crippen molar-refractivity contribution in [1.29, 1.82) is 0 Å². The Morgan fingerprint density at radius 1 is 1.30 bits per heavy atom. The predicted octanol–water partition coefficient (Wildman–Crippen LogP) is 3.73. The number of piperidine rings is 1. The van der Waals surface area contributed by atoms with E-state index in [1.54, 1.807) is 14.0 Å². The molecule has 1 aromatic rings. The van der Waals surface area contributed by atoms with Crippen LogP contribution < -0.4 is 9.47 Å². The molecule has 5 aliphatic rings. The number of nitrogens with zero attached hydrogens (tertiary/aromatic N) is 1. The van der Waals surface area contributed by atoms with Gasteiger partial charge in [0.15, 0.2) is 17.6 Å². The largest absolute Gasteiger partial charge is 0.513 e. The molecule has 2 heterocycles. The van der Waals surface area contributed by atoms with Gasteiger partial charge in [-0.3, -0.25) is 4.90 Å². The van der Waals surface area contributed by atoms with E-state index in [0.29, 0.717) is 17.5 Å². The molecule has 0 amide bonds. The minimum absolute atomic E-state index is 0.214. The summed E-state index contributed by atoms with van der Waals surface area (Å²) in [6, 6.07) is 4.36. The van der Waals surface area contributed by atoms with Crippen molar-refractivity contribution in [2.24, 2.45) is 5.92 Å². The van der Waals surface area contributed by atoms with Crippen LogP contribution in [0, 0.1) is 5.92 Å². The molecule has 30 heavy (non-hydrogen) atoms. The minimum atomic E-state index is -0.698. The Balaban J connectivity index is 1.47. The standard InChI is InChI=1S/C24H27NO5/c1-3-28-23(26)29-18-8-6-15-12-17-16-7-9-19(27-2)22-24(16,20(15)21(18)30-22)10-11-25(17)13-14-4-5-14/h6-9,14,17,22H,3-5,10-13H2,1-2H3/t17?,22-,24-/m0/s1. The summed E-state index contributed by atoms with van der Waals surface area (Å²) >= 11 is 0. The highest BCUT2D eigenvalue weighted by Gasteiger charge is 2.62. The summed E-state index contributed by atoms with van der Waals surface area (Å²) in [7, 11) is 1.70. The van der Waals surface area contributed by atoms with Crippen LogP contribution in [0.2, 0.25) is 0 Å². The zero-order valence-electron chi connectivity index (χ0n) is 17.5. The summed E-state index contributed by atoms with van der Waals surface area (Å²) in [5.41, 5.74) is 3.68. The van der Waals surface area contributed by atoms with Crippen LogP contribution in [-0.4, -0.2) is 50.0 Å². The third-order valence-electron chi connectivity index (χ3n) is 7.43. The SMILES string of the molecule is CCOC(=O)Oc1ccc2c3c1O[C@H]1C(OC)=CC=C4C(C2)N(CC2CC2)CC[C@]431. The summed E-state index contributed by atoms with van der Waals surface area (Å²) in [4.78, 5) is 14.7. The Morgan fingerprint density at radius 3 is 2.93 bits per heavy atom. The normalized spacial score (nSPS) is 30.6. The van der Waals surface area contributed by atoms with Crippen molar-refractivity contribution in [1.82, 2.24) is 4.90 Å². The highest BCUT2D eigenvalue weighted by Crippen LogP contribution is 2.62. The lowest BCUT2D eigenvalue weighted by Crippen LogP contribution is -2.59. The number of ether oxygens (including phenoxy) is 4. The predicted molar refractivity (Wildman–Crippen MR) is 110 cm³/mol. The minimum Gasteiger partial charge on any atom is -0.497 e. The molecule has 158 valence electrons. The molecule has 6 rings (SSSR count). The van der Waals surface area contributed by atoms with E-state index in [0.717, 1.165) is 31.1 Å². The summed E-state index contributed by atoms with van der Waals surface area (Å²) in [6.07, 6.45) is 8.09. The van der Waals surface area contributed by atoms with Crippen molar-refractivity contribution in [3.05, 3.63) is 46.7 Å². The maximum Gasteiger partial charge on any atom is 0.513 e. The van der Waals surface area contributed by atoms with E-state index in [9.17, 15) is 4.79 Å². The molecule has 1 unspecified atom stereocenters. The molecule has 0 aromatic heterocycles. The summed E-state index contributed by atoms with van der Waals surface area (Å²) in [5, 5.41) is 0. The van der Waals surface area contributed by atoms with Crippen LogP contribution in [0.25, 0.3) is 0 Å². The number of carbonyl (C=O) groups is 1. The molecule has 1 aromatic carbocycles. The fourth-order valence-corrected chi connectivity index (χ4v) is 6.01. The van der Waals surface area contributed by atoms with Gasteiger partial charge < -0.3 is 18.9 Å². The second-order valence-corrected chi connectivity index (χ2v) is 8.98. The van der Waals surface area contributed by atoms with Gasteiger partial charge in [-0.25, -0.2) is 4.79 Å². The third-order valence-corrected chi connectivity index (χ3v) is 7.43.